The van der Waals surface area contributed by atoms with Crippen molar-refractivity contribution in [2.45, 2.75) is 38.3 Å². The highest BCUT2D eigenvalue weighted by Gasteiger charge is 2.32. The highest BCUT2D eigenvalue weighted by atomic mass is 19.4. The van der Waals surface area contributed by atoms with E-state index in [1.54, 1.807) is 0 Å². The zero-order chi connectivity index (χ0) is 29.0. The third-order valence-electron chi connectivity index (χ3n) is 6.08. The summed E-state index contributed by atoms with van der Waals surface area (Å²) in [5.74, 6) is -2.03. The van der Waals surface area contributed by atoms with Crippen LogP contribution < -0.4 is 10.1 Å². The van der Waals surface area contributed by atoms with Crippen molar-refractivity contribution < 1.29 is 35.6 Å². The van der Waals surface area contributed by atoms with Crippen LogP contribution in [-0.2, 0) is 11.3 Å². The van der Waals surface area contributed by atoms with Gasteiger partial charge >= 0.3 is 6.18 Å². The summed E-state index contributed by atoms with van der Waals surface area (Å²) in [6, 6.07) is 3.09. The second-order valence-electron chi connectivity index (χ2n) is 8.57. The molecule has 0 saturated carbocycles. The zero-order valence-corrected chi connectivity index (χ0v) is 19.1. The van der Waals surface area contributed by atoms with Gasteiger partial charge in [0.2, 0.25) is 17.7 Å². The molecule has 1 amide bonds. The van der Waals surface area contributed by atoms with Gasteiger partial charge in [-0.1, -0.05) is 11.3 Å². The van der Waals surface area contributed by atoms with Crippen molar-refractivity contribution in [2.75, 3.05) is 25.4 Å². The lowest BCUT2D eigenvalue weighted by molar-refractivity contribution is -0.142. The van der Waals surface area contributed by atoms with Gasteiger partial charge in [0.25, 0.3) is 0 Å². The van der Waals surface area contributed by atoms with Gasteiger partial charge in [0, 0.05) is 13.5 Å². The smallest absolute Gasteiger partial charge is 0.408 e. The van der Waals surface area contributed by atoms with E-state index < -0.39 is 43.7 Å². The van der Waals surface area contributed by atoms with Crippen molar-refractivity contribution in [3.05, 3.63) is 30.2 Å². The van der Waals surface area contributed by atoms with Gasteiger partial charge in [-0.15, -0.1) is 10.2 Å². The standard InChI is InChI=1S/C22H21F5N8O2/c1-11(36)33-6-5-15(13(23)8-33)28-21-29-20(37-2)19-18(14(24)9-34(19)31-21)12-3-4-16-17(7-12)35(32-30-16)10-22(25,26)27/h3-4,7,9,13,15H,5-6,8,10H2,1-2H3,(H,28,31)/t13-,15+/m1/s1/i2D3. The molecule has 4 aromatic rings. The molecule has 0 spiro atoms. The molecule has 1 aromatic carbocycles. The molecule has 3 aromatic heterocycles. The average molecular weight is 527 g/mol. The minimum atomic E-state index is -4.59. The quantitative estimate of drug-likeness (QED) is 0.398. The van der Waals surface area contributed by atoms with Crippen LogP contribution in [0.25, 0.3) is 27.7 Å². The van der Waals surface area contributed by atoms with E-state index in [1.807, 2.05) is 0 Å². The van der Waals surface area contributed by atoms with Crippen LogP contribution in [0.2, 0.25) is 0 Å². The number of fused-ring (bicyclic) bond motifs is 2. The molecule has 1 aliphatic rings. The Labute approximate surface area is 210 Å². The van der Waals surface area contributed by atoms with Crippen LogP contribution in [0.15, 0.2) is 24.4 Å². The summed E-state index contributed by atoms with van der Waals surface area (Å²) in [5, 5.41) is 14.1. The predicted molar refractivity (Wildman–Crippen MR) is 121 cm³/mol. The Kier molecular flexibility index (Phi) is 5.20. The molecule has 1 saturated heterocycles. The summed E-state index contributed by atoms with van der Waals surface area (Å²) < 4.78 is 98.4. The first-order chi connectivity index (χ1) is 18.7. The number of ether oxygens (including phenoxy) is 1. The molecule has 1 fully saturated rings. The molecule has 0 radical (unpaired) electrons. The fraction of sp³-hybridized carbons (Fsp3) is 0.409. The third kappa shape index (κ3) is 4.72. The molecule has 1 aliphatic heterocycles. The van der Waals surface area contributed by atoms with E-state index in [1.165, 1.54) is 30.0 Å². The summed E-state index contributed by atoms with van der Waals surface area (Å²) in [5.41, 5.74) is -0.340. The number of anilines is 1. The molecule has 0 aliphatic carbocycles. The number of alkyl halides is 4. The molecule has 15 heteroatoms. The largest absolute Gasteiger partial charge is 0.479 e. The number of methoxy groups -OCH3 is 1. The Morgan fingerprint density at radius 2 is 2.16 bits per heavy atom. The third-order valence-corrected chi connectivity index (χ3v) is 6.08. The molecule has 1 N–H and O–H groups in total. The van der Waals surface area contributed by atoms with Crippen molar-refractivity contribution in [3.63, 3.8) is 0 Å². The zero-order valence-electron chi connectivity index (χ0n) is 22.1. The number of carbonyl (C=O) groups excluding carboxylic acids is 1. The van der Waals surface area contributed by atoms with E-state index in [4.69, 9.17) is 8.85 Å². The Bertz CT molecular complexity index is 1590. The lowest BCUT2D eigenvalue weighted by Gasteiger charge is -2.34. The molecule has 37 heavy (non-hydrogen) atoms. The van der Waals surface area contributed by atoms with Crippen LogP contribution >= 0.6 is 0 Å². The van der Waals surface area contributed by atoms with Gasteiger partial charge in [0.05, 0.1) is 41.0 Å². The topological polar surface area (TPSA) is 102 Å². The number of piperidine rings is 1. The molecule has 4 heterocycles. The first kappa shape index (κ1) is 21.1. The van der Waals surface area contributed by atoms with E-state index in [0.29, 0.717) is 4.68 Å². The highest BCUT2D eigenvalue weighted by Crippen LogP contribution is 2.35. The minimum absolute atomic E-state index is 0.0445. The van der Waals surface area contributed by atoms with E-state index in [9.17, 15) is 22.4 Å². The summed E-state index contributed by atoms with van der Waals surface area (Å²) >= 11 is 0. The highest BCUT2D eigenvalue weighted by molar-refractivity contribution is 5.89. The van der Waals surface area contributed by atoms with E-state index >= 15 is 4.39 Å². The number of aromatic nitrogens is 6. The van der Waals surface area contributed by atoms with Gasteiger partial charge in [-0.05, 0) is 24.1 Å². The van der Waals surface area contributed by atoms with Crippen molar-refractivity contribution in [2.24, 2.45) is 0 Å². The summed E-state index contributed by atoms with van der Waals surface area (Å²) in [6.07, 6.45) is -4.99. The van der Waals surface area contributed by atoms with Gasteiger partial charge in [-0.2, -0.15) is 18.2 Å². The average Bonchev–Trinajstić information content (AvgIpc) is 3.37. The fourth-order valence-electron chi connectivity index (χ4n) is 4.35. The second kappa shape index (κ2) is 9.12. The van der Waals surface area contributed by atoms with Crippen LogP contribution in [0, 0.1) is 5.82 Å². The van der Waals surface area contributed by atoms with Crippen molar-refractivity contribution in [1.82, 2.24) is 34.5 Å². The number of carbonyl (C=O) groups is 1. The number of rotatable bonds is 5. The lowest BCUT2D eigenvalue weighted by atomic mass is 10.0. The summed E-state index contributed by atoms with van der Waals surface area (Å²) in [6.45, 7) is -0.0117. The molecule has 0 unspecified atom stereocenters. The number of hydrogen-bond donors (Lipinski definition) is 1. The van der Waals surface area contributed by atoms with Crippen LogP contribution in [-0.4, -0.2) is 78.9 Å². The van der Waals surface area contributed by atoms with Gasteiger partial charge in [-0.3, -0.25) is 4.79 Å². The van der Waals surface area contributed by atoms with E-state index in [0.717, 1.165) is 10.7 Å². The predicted octanol–water partition coefficient (Wildman–Crippen LogP) is 3.22. The van der Waals surface area contributed by atoms with Crippen LogP contribution in [0.1, 0.15) is 17.5 Å². The van der Waals surface area contributed by atoms with Crippen molar-refractivity contribution >= 4 is 28.4 Å². The first-order valence-corrected chi connectivity index (χ1v) is 11.0. The monoisotopic (exact) mass is 527 g/mol. The molecule has 5 rings (SSSR count). The molecule has 0 bridgehead atoms. The maximum atomic E-state index is 15.4. The molecule has 10 nitrogen and oxygen atoms in total. The normalized spacial score (nSPS) is 20.1. The van der Waals surface area contributed by atoms with E-state index in [2.05, 4.69) is 25.7 Å². The number of likely N-dealkylation sites (tertiary alicyclic amines) is 1. The van der Waals surface area contributed by atoms with Crippen molar-refractivity contribution in [3.8, 4) is 17.0 Å². The minimum Gasteiger partial charge on any atom is -0.479 e. The molecular formula is C22H21F5N8O2. The number of hydrogen-bond acceptors (Lipinski definition) is 7. The second-order valence-corrected chi connectivity index (χ2v) is 8.57. The van der Waals surface area contributed by atoms with Crippen molar-refractivity contribution in [1.29, 1.82) is 0 Å². The molecule has 2 atom stereocenters. The number of nitrogens with zero attached hydrogens (tertiary/aromatic N) is 7. The van der Waals surface area contributed by atoms with Gasteiger partial charge in [0.15, 0.2) is 5.82 Å². The van der Waals surface area contributed by atoms with Gasteiger partial charge in [0.1, 0.15) is 23.7 Å². The van der Waals surface area contributed by atoms with Crippen LogP contribution in [0.5, 0.6) is 5.88 Å². The maximum absolute atomic E-state index is 15.4. The van der Waals surface area contributed by atoms with Crippen LogP contribution in [0.3, 0.4) is 0 Å². The molecular weight excluding hydrogens is 503 g/mol. The van der Waals surface area contributed by atoms with Gasteiger partial charge in [-0.25, -0.2) is 18.0 Å². The number of amides is 1. The van der Waals surface area contributed by atoms with E-state index in [-0.39, 0.29) is 59.0 Å². The lowest BCUT2D eigenvalue weighted by Crippen LogP contribution is -2.49. The fourth-order valence-corrected chi connectivity index (χ4v) is 4.35. The Balaban J connectivity index is 1.57. The number of nitrogens with one attached hydrogen (secondary N) is 1. The Morgan fingerprint density at radius 3 is 2.86 bits per heavy atom. The number of benzene rings is 1. The first-order valence-electron chi connectivity index (χ1n) is 12.5. The maximum Gasteiger partial charge on any atom is 0.408 e. The van der Waals surface area contributed by atoms with Gasteiger partial charge < -0.3 is 15.0 Å². The summed E-state index contributed by atoms with van der Waals surface area (Å²) in [4.78, 5) is 17.0. The summed E-state index contributed by atoms with van der Waals surface area (Å²) in [7, 11) is -3.03. The Morgan fingerprint density at radius 1 is 1.35 bits per heavy atom. The molecule has 196 valence electrons. The van der Waals surface area contributed by atoms with Crippen LogP contribution in [0.4, 0.5) is 27.9 Å². The number of halogens is 5. The SMILES string of the molecule is [2H]C([2H])([2H])Oc1nc(N[C@H]2CCN(C(C)=O)C[C@H]2F)nn2cc(F)c(-c3ccc4nnn(CC(F)(F)F)c4c3)c12. The Hall–Kier alpha value is -4.04.